The quantitative estimate of drug-likeness (QED) is 0.115. The molecule has 1 heterocycles. The lowest BCUT2D eigenvalue weighted by Crippen LogP contribution is -2.24. The van der Waals surface area contributed by atoms with Crippen LogP contribution in [0.4, 0.5) is 5.69 Å². The van der Waals surface area contributed by atoms with Gasteiger partial charge in [0.15, 0.2) is 0 Å². The number of hydrogen-bond acceptors (Lipinski definition) is 5. The van der Waals surface area contributed by atoms with E-state index in [1.54, 1.807) is 19.2 Å². The van der Waals surface area contributed by atoms with Gasteiger partial charge in [-0.2, -0.15) is 10.4 Å². The van der Waals surface area contributed by atoms with E-state index in [0.29, 0.717) is 46.1 Å². The molecule has 0 radical (unpaired) electrons. The van der Waals surface area contributed by atoms with E-state index >= 15 is 0 Å². The highest BCUT2D eigenvalue weighted by Gasteiger charge is 2.22. The van der Waals surface area contributed by atoms with Crippen molar-refractivity contribution < 1.29 is 9.53 Å². The largest absolute Gasteiger partial charge is 0.457 e. The fourth-order valence-electron chi connectivity index (χ4n) is 3.17. The van der Waals surface area contributed by atoms with Crippen molar-refractivity contribution in [3.05, 3.63) is 89.5 Å². The molecule has 228 valence electrons. The molecule has 0 atom stereocenters. The normalized spacial score (nSPS) is 11.3. The van der Waals surface area contributed by atoms with Gasteiger partial charge in [0, 0.05) is 25.1 Å². The van der Waals surface area contributed by atoms with Gasteiger partial charge in [-0.1, -0.05) is 73.1 Å². The summed E-state index contributed by atoms with van der Waals surface area (Å²) in [5.74, 6) is 1.91. The number of benzene rings is 1. The summed E-state index contributed by atoms with van der Waals surface area (Å²) in [4.78, 5) is 12.6. The molecule has 0 unspecified atom stereocenters. The first-order valence-corrected chi connectivity index (χ1v) is 14.6. The predicted molar refractivity (Wildman–Crippen MR) is 180 cm³/mol. The minimum atomic E-state index is -0.192. The van der Waals surface area contributed by atoms with E-state index in [1.807, 2.05) is 63.3 Å². The van der Waals surface area contributed by atoms with Crippen LogP contribution < -0.4 is 15.4 Å². The first-order valence-electron chi connectivity index (χ1n) is 14.6. The van der Waals surface area contributed by atoms with Crippen LogP contribution in [0.25, 0.3) is 5.70 Å². The number of allylic oxidation sites excluding steroid dienone is 5. The number of nitrogens with one attached hydrogen (secondary N) is 2. The van der Waals surface area contributed by atoms with Crippen LogP contribution in [0.5, 0.6) is 5.75 Å². The van der Waals surface area contributed by atoms with Crippen molar-refractivity contribution in [2.24, 2.45) is 11.0 Å². The number of ether oxygens (including phenoxy) is 1. The van der Waals surface area contributed by atoms with Gasteiger partial charge in [0.2, 0.25) is 0 Å². The Morgan fingerprint density at radius 1 is 1.14 bits per heavy atom. The number of carbonyl (C=O) groups is 1. The molecule has 0 aliphatic carbocycles. The van der Waals surface area contributed by atoms with E-state index in [4.69, 9.17) is 4.74 Å². The van der Waals surface area contributed by atoms with Gasteiger partial charge in [-0.3, -0.25) is 4.79 Å². The monoisotopic (exact) mass is 573 g/mol. The number of aromatic nitrogens is 1. The van der Waals surface area contributed by atoms with Crippen LogP contribution >= 0.6 is 0 Å². The zero-order valence-corrected chi connectivity index (χ0v) is 27.2. The fraction of sp³-hybridized carbons (Fsp3) is 0.400. The lowest BCUT2D eigenvalue weighted by Gasteiger charge is -2.15. The minimum Gasteiger partial charge on any atom is -0.457 e. The Labute approximate surface area is 254 Å². The van der Waals surface area contributed by atoms with Gasteiger partial charge in [-0.25, -0.2) is 4.68 Å². The van der Waals surface area contributed by atoms with E-state index < -0.39 is 0 Å². The van der Waals surface area contributed by atoms with Crippen LogP contribution in [0.15, 0.2) is 77.8 Å². The summed E-state index contributed by atoms with van der Waals surface area (Å²) in [5, 5.41) is 19.9. The Morgan fingerprint density at radius 2 is 1.74 bits per heavy atom. The van der Waals surface area contributed by atoms with E-state index in [1.165, 1.54) is 17.5 Å². The van der Waals surface area contributed by atoms with Gasteiger partial charge in [-0.05, 0) is 75.1 Å². The summed E-state index contributed by atoms with van der Waals surface area (Å²) in [5.41, 5.74) is 3.49. The standard InChI is InChI=1S/C27H31N5O2.2C4H10/c1-7-10-11-22(9-3)34-23-14-12-21(13-15-23)31-25(19(4)17-28)26-20(5)24(18-32(26)29-6)27(33)30-16-8-2;1-4(2)3;1-3-4-2/h7,9-15,18,31H,3,6,8,16H2,1-2,4-5H3,(H,30,33);4H,1-3H3;3-4H2,1-2H3/b10-7-,22-11+,25-19-;;. The number of carbonyl (C=O) groups excluding carboxylic acids is 1. The highest BCUT2D eigenvalue weighted by atomic mass is 16.5. The van der Waals surface area contributed by atoms with Crippen LogP contribution in [0.1, 0.15) is 96.3 Å². The molecular weight excluding hydrogens is 522 g/mol. The molecule has 0 spiro atoms. The van der Waals surface area contributed by atoms with Crippen molar-refractivity contribution in [3.63, 3.8) is 0 Å². The highest BCUT2D eigenvalue weighted by molar-refractivity contribution is 5.97. The Bertz CT molecular complexity index is 1250. The van der Waals surface area contributed by atoms with Gasteiger partial charge in [0.1, 0.15) is 11.5 Å². The van der Waals surface area contributed by atoms with Gasteiger partial charge in [-0.15, -0.1) is 0 Å². The average Bonchev–Trinajstić information content (AvgIpc) is 3.32. The molecule has 2 aromatic rings. The van der Waals surface area contributed by atoms with Crippen molar-refractivity contribution >= 4 is 24.0 Å². The van der Waals surface area contributed by atoms with Gasteiger partial charge < -0.3 is 15.4 Å². The van der Waals surface area contributed by atoms with Crippen molar-refractivity contribution in [2.45, 2.75) is 81.6 Å². The molecule has 0 aliphatic rings. The van der Waals surface area contributed by atoms with Crippen molar-refractivity contribution in [2.75, 3.05) is 11.9 Å². The van der Waals surface area contributed by atoms with Crippen LogP contribution in [-0.4, -0.2) is 23.8 Å². The molecule has 2 N–H and O–H groups in total. The van der Waals surface area contributed by atoms with Crippen LogP contribution in [0.2, 0.25) is 0 Å². The number of hydrogen-bond donors (Lipinski definition) is 2. The SMILES string of the molecule is C=C/C(=C\C=C/C)Oc1ccc(N/C(=C(/C)C#N)c2c(C)c(C(=O)NCCC)cn2N=C)cc1.CC(C)C.CCCC. The lowest BCUT2D eigenvalue weighted by atomic mass is 10.1. The number of rotatable bonds is 12. The molecule has 0 saturated heterocycles. The summed E-state index contributed by atoms with van der Waals surface area (Å²) < 4.78 is 7.34. The molecule has 0 fully saturated rings. The second kappa shape index (κ2) is 21.4. The maximum Gasteiger partial charge on any atom is 0.253 e. The smallest absolute Gasteiger partial charge is 0.253 e. The molecule has 1 aromatic heterocycles. The van der Waals surface area contributed by atoms with Crippen molar-refractivity contribution in [1.82, 2.24) is 9.99 Å². The zero-order valence-electron chi connectivity index (χ0n) is 27.2. The topological polar surface area (TPSA) is 91.4 Å². The Balaban J connectivity index is 0.00000186. The number of nitrogens with zero attached hydrogens (tertiary/aromatic N) is 3. The second-order valence-electron chi connectivity index (χ2n) is 10.2. The molecule has 7 nitrogen and oxygen atoms in total. The Hall–Kier alpha value is -4.31. The molecule has 0 aliphatic heterocycles. The molecule has 0 bridgehead atoms. The maximum atomic E-state index is 12.6. The maximum absolute atomic E-state index is 12.6. The van der Waals surface area contributed by atoms with Gasteiger partial charge in [0.05, 0.1) is 28.6 Å². The summed E-state index contributed by atoms with van der Waals surface area (Å²) >= 11 is 0. The number of anilines is 1. The highest BCUT2D eigenvalue weighted by Crippen LogP contribution is 2.29. The fourth-order valence-corrected chi connectivity index (χ4v) is 3.17. The van der Waals surface area contributed by atoms with E-state index in [0.717, 1.165) is 18.0 Å². The van der Waals surface area contributed by atoms with E-state index in [2.05, 4.69) is 69.7 Å². The lowest BCUT2D eigenvalue weighted by molar-refractivity contribution is 0.0953. The van der Waals surface area contributed by atoms with Crippen molar-refractivity contribution in [3.8, 4) is 11.8 Å². The molecule has 42 heavy (non-hydrogen) atoms. The van der Waals surface area contributed by atoms with Crippen molar-refractivity contribution in [1.29, 1.82) is 5.26 Å². The third-order valence-corrected chi connectivity index (χ3v) is 5.47. The summed E-state index contributed by atoms with van der Waals surface area (Å²) in [6.45, 7) is 26.3. The third kappa shape index (κ3) is 13.4. The summed E-state index contributed by atoms with van der Waals surface area (Å²) in [7, 11) is 0. The number of unbranched alkanes of at least 4 members (excludes halogenated alkanes) is 1. The van der Waals surface area contributed by atoms with Gasteiger partial charge in [0.25, 0.3) is 5.91 Å². The molecule has 7 heteroatoms. The van der Waals surface area contributed by atoms with Crippen LogP contribution in [0.3, 0.4) is 0 Å². The number of amides is 1. The number of nitriles is 1. The average molecular weight is 574 g/mol. The molecule has 2 rings (SSSR count). The molecule has 0 saturated carbocycles. The van der Waals surface area contributed by atoms with E-state index in [-0.39, 0.29) is 5.91 Å². The minimum absolute atomic E-state index is 0.192. The second-order valence-corrected chi connectivity index (χ2v) is 10.2. The predicted octanol–water partition coefficient (Wildman–Crippen LogP) is 9.26. The first kappa shape index (κ1) is 37.7. The van der Waals surface area contributed by atoms with Gasteiger partial charge >= 0.3 is 0 Å². The summed E-state index contributed by atoms with van der Waals surface area (Å²) in [6, 6.07) is 9.51. The Morgan fingerprint density at radius 3 is 2.19 bits per heavy atom. The molecular formula is C35H51N5O2. The van der Waals surface area contributed by atoms with E-state index in [9.17, 15) is 10.1 Å². The van der Waals surface area contributed by atoms with Crippen LogP contribution in [0, 0.1) is 24.2 Å². The molecule has 1 amide bonds. The first-order chi connectivity index (χ1) is 20.0. The third-order valence-electron chi connectivity index (χ3n) is 5.47. The van der Waals surface area contributed by atoms with Crippen LogP contribution in [-0.2, 0) is 0 Å². The Kier molecular flexibility index (Phi) is 19.2. The molecule has 1 aromatic carbocycles. The summed E-state index contributed by atoms with van der Waals surface area (Å²) in [6.07, 6.45) is 12.3. The zero-order chi connectivity index (χ0) is 32.1.